The molecule has 1 heterocycles. The van der Waals surface area contributed by atoms with Crippen LogP contribution in [0.1, 0.15) is 32.4 Å². The van der Waals surface area contributed by atoms with E-state index < -0.39 is 11.9 Å². The summed E-state index contributed by atoms with van der Waals surface area (Å²) in [5, 5.41) is 6.43. The number of hydrogen-bond donors (Lipinski definition) is 1. The zero-order valence-corrected chi connectivity index (χ0v) is 14.5. The number of aromatic nitrogens is 2. The number of amides is 1. The highest BCUT2D eigenvalue weighted by Gasteiger charge is 2.15. The van der Waals surface area contributed by atoms with Crippen LogP contribution in [0, 0.1) is 0 Å². The van der Waals surface area contributed by atoms with Crippen molar-refractivity contribution in [3.05, 3.63) is 77.4 Å². The van der Waals surface area contributed by atoms with E-state index in [1.807, 2.05) is 30.3 Å². The number of carbonyl (C=O) groups excluding carboxylic acids is 2. The summed E-state index contributed by atoms with van der Waals surface area (Å²) in [6, 6.07) is 15.9. The zero-order valence-electron chi connectivity index (χ0n) is 14.5. The van der Waals surface area contributed by atoms with Gasteiger partial charge in [0.25, 0.3) is 0 Å². The van der Waals surface area contributed by atoms with Crippen LogP contribution in [0.15, 0.2) is 59.1 Å². The molecule has 0 radical (unpaired) electrons. The summed E-state index contributed by atoms with van der Waals surface area (Å²) in [6.07, 6.45) is 0. The molecule has 8 nitrogen and oxygen atoms in total. The van der Waals surface area contributed by atoms with Crippen LogP contribution in [0.3, 0.4) is 0 Å². The third-order valence-corrected chi connectivity index (χ3v) is 3.60. The van der Waals surface area contributed by atoms with Gasteiger partial charge in [0, 0.05) is 6.54 Å². The molecule has 138 valence electrons. The summed E-state index contributed by atoms with van der Waals surface area (Å²) >= 11 is 0. The van der Waals surface area contributed by atoms with Crippen LogP contribution in [-0.2, 0) is 17.9 Å². The molecule has 2 aromatic carbocycles. The lowest BCUT2D eigenvalue weighted by atomic mass is 10.2. The predicted molar refractivity (Wildman–Crippen MR) is 94.0 cm³/mol. The average molecular weight is 367 g/mol. The van der Waals surface area contributed by atoms with Gasteiger partial charge in [0.2, 0.25) is 5.82 Å². The maximum Gasteiger partial charge on any atom is 0.337 e. The van der Waals surface area contributed by atoms with Crippen molar-refractivity contribution in [3.8, 4) is 5.75 Å². The second-order valence-corrected chi connectivity index (χ2v) is 5.49. The summed E-state index contributed by atoms with van der Waals surface area (Å²) in [4.78, 5) is 27.4. The maximum absolute atomic E-state index is 12.0. The Hall–Kier alpha value is -3.68. The van der Waals surface area contributed by atoms with Gasteiger partial charge in [-0.15, -0.1) is 0 Å². The molecule has 0 unspecified atom stereocenters. The van der Waals surface area contributed by atoms with Gasteiger partial charge < -0.3 is 19.3 Å². The number of carbonyl (C=O) groups is 2. The first-order chi connectivity index (χ1) is 13.2. The predicted octanol–water partition coefficient (Wildman–Crippen LogP) is 2.37. The Balaban J connectivity index is 1.51. The summed E-state index contributed by atoms with van der Waals surface area (Å²) < 4.78 is 15.1. The fraction of sp³-hybridized carbons (Fsp3) is 0.158. The molecule has 0 saturated carbocycles. The molecule has 0 aliphatic heterocycles. The molecule has 27 heavy (non-hydrogen) atoms. The van der Waals surface area contributed by atoms with Crippen LogP contribution < -0.4 is 10.1 Å². The number of methoxy groups -OCH3 is 1. The zero-order chi connectivity index (χ0) is 19.1. The highest BCUT2D eigenvalue weighted by molar-refractivity contribution is 5.89. The quantitative estimate of drug-likeness (QED) is 0.639. The van der Waals surface area contributed by atoms with E-state index in [0.29, 0.717) is 17.9 Å². The Morgan fingerprint density at radius 3 is 2.52 bits per heavy atom. The Morgan fingerprint density at radius 2 is 1.81 bits per heavy atom. The highest BCUT2D eigenvalue weighted by atomic mass is 16.5. The van der Waals surface area contributed by atoms with E-state index in [9.17, 15) is 9.59 Å². The first kappa shape index (κ1) is 18.1. The van der Waals surface area contributed by atoms with Gasteiger partial charge in [-0.05, 0) is 29.8 Å². The second kappa shape index (κ2) is 8.61. The van der Waals surface area contributed by atoms with Crippen molar-refractivity contribution in [3.63, 3.8) is 0 Å². The Bertz CT molecular complexity index is 907. The van der Waals surface area contributed by atoms with E-state index in [-0.39, 0.29) is 18.3 Å². The molecule has 0 atom stereocenters. The molecular weight excluding hydrogens is 350 g/mol. The number of rotatable bonds is 7. The first-order valence-corrected chi connectivity index (χ1v) is 8.11. The number of hydrogen-bond acceptors (Lipinski definition) is 7. The van der Waals surface area contributed by atoms with Gasteiger partial charge in [0.15, 0.2) is 6.61 Å². The average Bonchev–Trinajstić information content (AvgIpc) is 3.20. The van der Waals surface area contributed by atoms with Crippen LogP contribution in [0.25, 0.3) is 0 Å². The van der Waals surface area contributed by atoms with Gasteiger partial charge >= 0.3 is 17.8 Å². The van der Waals surface area contributed by atoms with Gasteiger partial charge in [0.05, 0.1) is 12.7 Å². The van der Waals surface area contributed by atoms with Gasteiger partial charge in [-0.1, -0.05) is 35.5 Å². The SMILES string of the molecule is COC(=O)c1ccc(OCc2noc(C(=O)NCc3ccccc3)n2)cc1. The van der Waals surface area contributed by atoms with E-state index in [4.69, 9.17) is 9.26 Å². The first-order valence-electron chi connectivity index (χ1n) is 8.11. The van der Waals surface area contributed by atoms with E-state index in [1.54, 1.807) is 24.3 Å². The number of ether oxygens (including phenoxy) is 2. The van der Waals surface area contributed by atoms with Crippen molar-refractivity contribution in [1.29, 1.82) is 0 Å². The van der Waals surface area contributed by atoms with Crippen LogP contribution in [0.2, 0.25) is 0 Å². The van der Waals surface area contributed by atoms with Crippen molar-refractivity contribution in [1.82, 2.24) is 15.5 Å². The highest BCUT2D eigenvalue weighted by Crippen LogP contribution is 2.14. The third kappa shape index (κ3) is 4.91. The standard InChI is InChI=1S/C19H17N3O5/c1-25-19(24)14-7-9-15(10-8-14)26-12-16-21-18(27-22-16)17(23)20-11-13-5-3-2-4-6-13/h2-10H,11-12H2,1H3,(H,20,23). The van der Waals surface area contributed by atoms with Gasteiger partial charge in [-0.2, -0.15) is 4.98 Å². The third-order valence-electron chi connectivity index (χ3n) is 3.60. The van der Waals surface area contributed by atoms with E-state index in [1.165, 1.54) is 7.11 Å². The molecular formula is C19H17N3O5. The summed E-state index contributed by atoms with van der Waals surface area (Å²) in [7, 11) is 1.32. The Kier molecular flexibility index (Phi) is 5.78. The lowest BCUT2D eigenvalue weighted by Crippen LogP contribution is -2.23. The molecule has 1 amide bonds. The minimum Gasteiger partial charge on any atom is -0.485 e. The van der Waals surface area contributed by atoms with Crippen molar-refractivity contribution in [2.24, 2.45) is 0 Å². The molecule has 0 spiro atoms. The lowest BCUT2D eigenvalue weighted by Gasteiger charge is -2.04. The van der Waals surface area contributed by atoms with Crippen molar-refractivity contribution in [2.45, 2.75) is 13.2 Å². The van der Waals surface area contributed by atoms with Crippen molar-refractivity contribution in [2.75, 3.05) is 7.11 Å². The van der Waals surface area contributed by atoms with Gasteiger partial charge in [-0.25, -0.2) is 4.79 Å². The Labute approximate surface area is 155 Å². The van der Waals surface area contributed by atoms with Gasteiger partial charge in [-0.3, -0.25) is 4.79 Å². The molecule has 3 rings (SSSR count). The van der Waals surface area contributed by atoms with Crippen LogP contribution in [0.4, 0.5) is 0 Å². The van der Waals surface area contributed by atoms with Crippen LogP contribution >= 0.6 is 0 Å². The topological polar surface area (TPSA) is 104 Å². The smallest absolute Gasteiger partial charge is 0.337 e. The van der Waals surface area contributed by atoms with E-state index in [0.717, 1.165) is 5.56 Å². The molecule has 0 aliphatic rings. The van der Waals surface area contributed by atoms with E-state index >= 15 is 0 Å². The van der Waals surface area contributed by atoms with Crippen molar-refractivity contribution >= 4 is 11.9 Å². The van der Waals surface area contributed by atoms with Gasteiger partial charge in [0.1, 0.15) is 5.75 Å². The normalized spacial score (nSPS) is 10.3. The minimum absolute atomic E-state index is 0.0209. The molecule has 0 bridgehead atoms. The number of nitrogens with zero attached hydrogens (tertiary/aromatic N) is 2. The minimum atomic E-state index is -0.458. The molecule has 8 heteroatoms. The monoisotopic (exact) mass is 367 g/mol. The molecule has 3 aromatic rings. The number of benzene rings is 2. The van der Waals surface area contributed by atoms with E-state index in [2.05, 4.69) is 20.2 Å². The summed E-state index contributed by atoms with van der Waals surface area (Å²) in [5.41, 5.74) is 1.38. The van der Waals surface area contributed by atoms with Crippen LogP contribution in [0.5, 0.6) is 5.75 Å². The largest absolute Gasteiger partial charge is 0.485 e. The van der Waals surface area contributed by atoms with Crippen molar-refractivity contribution < 1.29 is 23.6 Å². The summed E-state index contributed by atoms with van der Waals surface area (Å²) in [5.74, 6) is -0.268. The fourth-order valence-electron chi connectivity index (χ4n) is 2.21. The molecule has 1 aromatic heterocycles. The summed E-state index contributed by atoms with van der Waals surface area (Å²) in [6.45, 7) is 0.382. The molecule has 0 fully saturated rings. The number of nitrogens with one attached hydrogen (secondary N) is 1. The second-order valence-electron chi connectivity index (χ2n) is 5.49. The molecule has 0 aliphatic carbocycles. The Morgan fingerprint density at radius 1 is 1.07 bits per heavy atom. The number of esters is 1. The lowest BCUT2D eigenvalue weighted by molar-refractivity contribution is 0.0600. The fourth-order valence-corrected chi connectivity index (χ4v) is 2.21. The van der Waals surface area contributed by atoms with Crippen LogP contribution in [-0.4, -0.2) is 29.1 Å². The molecule has 1 N–H and O–H groups in total. The maximum atomic E-state index is 12.0. The molecule has 0 saturated heterocycles.